The Labute approximate surface area is 542 Å². The highest BCUT2D eigenvalue weighted by Crippen LogP contribution is 2.41. The quantitative estimate of drug-likeness (QED) is 0.0108. The molecule has 0 aromatic carbocycles. The van der Waals surface area contributed by atoms with Crippen molar-refractivity contribution in [2.24, 2.45) is 5.92 Å². The molecule has 12 atom stereocenters. The lowest BCUT2D eigenvalue weighted by molar-refractivity contribution is -0.295. The van der Waals surface area contributed by atoms with Crippen LogP contribution in [0.3, 0.4) is 0 Å². The number of phosphoric acid groups is 1. The number of Topliss-reactive ketones (excluding diaryl/α,β-unsaturated/α-hetero) is 2. The number of methoxy groups -OCH3 is 1. The van der Waals surface area contributed by atoms with E-state index in [0.717, 1.165) is 122 Å². The average molecular weight is 1300 g/mol. The lowest BCUT2D eigenvalue weighted by atomic mass is 9.88. The summed E-state index contributed by atoms with van der Waals surface area (Å²) in [6.45, 7) is 11.9. The summed E-state index contributed by atoms with van der Waals surface area (Å²) in [4.78, 5) is 88.2. The summed E-state index contributed by atoms with van der Waals surface area (Å²) in [5, 5.41) is 28.9. The fraction of sp³-hybridized carbons (Fsp3) is 0.899. The highest BCUT2D eigenvalue weighted by Gasteiger charge is 2.51. The van der Waals surface area contributed by atoms with Crippen LogP contribution in [0.1, 0.15) is 292 Å². The molecule has 2 rings (SSSR count). The van der Waals surface area contributed by atoms with Crippen molar-refractivity contribution in [1.29, 1.82) is 0 Å². The molecule has 0 aromatic rings. The predicted molar refractivity (Wildman–Crippen MR) is 350 cm³/mol. The van der Waals surface area contributed by atoms with Crippen LogP contribution in [0.4, 0.5) is 0 Å². The number of aliphatic hydroxyl groups is 2. The van der Waals surface area contributed by atoms with E-state index in [1.165, 1.54) is 58.5 Å². The molecule has 2 aliphatic rings. The van der Waals surface area contributed by atoms with E-state index >= 15 is 0 Å². The van der Waals surface area contributed by atoms with Crippen LogP contribution in [0, 0.1) is 5.92 Å². The van der Waals surface area contributed by atoms with E-state index < -0.39 is 112 Å². The molecule has 0 bridgehead atoms. The van der Waals surface area contributed by atoms with E-state index in [9.17, 15) is 48.5 Å². The van der Waals surface area contributed by atoms with Crippen LogP contribution in [-0.4, -0.2) is 150 Å². The van der Waals surface area contributed by atoms with Gasteiger partial charge in [-0.15, -0.1) is 0 Å². The van der Waals surface area contributed by atoms with Gasteiger partial charge in [0, 0.05) is 45.3 Å². The molecule has 0 aliphatic carbocycles. The lowest BCUT2D eigenvalue weighted by Gasteiger charge is -2.47. The SMILES string of the molecule is CC=CCCCC(=O)OC(CCCCCCC)CCOC1C(C)C(COC)OC(OCC2OC(OP(=O)(O)O)C(NC(=O)CC(=O)CCCCCCCCCCC)C(OCCC(O)CCCCCCC)C2O)C1NC(=O)CC(=O)CCCCCCCCCCC. The normalized spacial score (nSPS) is 22.8. The van der Waals surface area contributed by atoms with Gasteiger partial charge in [-0.1, -0.05) is 207 Å². The van der Waals surface area contributed by atoms with Crippen molar-refractivity contribution in [1.82, 2.24) is 10.6 Å². The number of nitrogens with one attached hydrogen (secondary N) is 2. The lowest BCUT2D eigenvalue weighted by Crippen LogP contribution is -2.66. The Morgan fingerprint density at radius 1 is 0.544 bits per heavy atom. The third kappa shape index (κ3) is 39.2. The number of amides is 2. The molecule has 90 heavy (non-hydrogen) atoms. The number of allylic oxidation sites excluding steroid dienone is 2. The highest BCUT2D eigenvalue weighted by molar-refractivity contribution is 7.46. The number of esters is 1. The van der Waals surface area contributed by atoms with E-state index in [4.69, 9.17) is 37.7 Å². The van der Waals surface area contributed by atoms with Gasteiger partial charge in [0.2, 0.25) is 11.8 Å². The van der Waals surface area contributed by atoms with Crippen LogP contribution in [0.5, 0.6) is 0 Å². The van der Waals surface area contributed by atoms with Gasteiger partial charge in [0.15, 0.2) is 12.6 Å². The Morgan fingerprint density at radius 3 is 1.50 bits per heavy atom. The Hall–Kier alpha value is -2.72. The third-order valence-electron chi connectivity index (χ3n) is 17.3. The highest BCUT2D eigenvalue weighted by atomic mass is 31.2. The smallest absolute Gasteiger partial charge is 0.462 e. The van der Waals surface area contributed by atoms with E-state index in [0.29, 0.717) is 38.5 Å². The number of ether oxygens (including phenoxy) is 7. The maximum Gasteiger partial charge on any atom is 0.472 e. The second kappa shape index (κ2) is 52.5. The number of aliphatic hydroxyl groups excluding tert-OH is 2. The topological polar surface area (TPSA) is 281 Å². The molecule has 2 aliphatic heterocycles. The van der Waals surface area contributed by atoms with Gasteiger partial charge in [-0.2, -0.15) is 0 Å². The number of carbonyl (C=O) groups excluding carboxylic acids is 5. The molecule has 0 aromatic heterocycles. The van der Waals surface area contributed by atoms with E-state index in [1.54, 1.807) is 0 Å². The Kier molecular flexibility index (Phi) is 48.7. The van der Waals surface area contributed by atoms with Crippen molar-refractivity contribution >= 4 is 37.2 Å². The Balaban J connectivity index is 2.51. The Morgan fingerprint density at radius 2 is 1.00 bits per heavy atom. The molecule has 21 heteroatoms. The van der Waals surface area contributed by atoms with Crippen molar-refractivity contribution in [3.63, 3.8) is 0 Å². The number of hydrogen-bond donors (Lipinski definition) is 6. The van der Waals surface area contributed by atoms with Gasteiger partial charge in [-0.25, -0.2) is 4.57 Å². The summed E-state index contributed by atoms with van der Waals surface area (Å²) in [7, 11) is -3.90. The summed E-state index contributed by atoms with van der Waals surface area (Å²) in [6.07, 6.45) is 25.0. The van der Waals surface area contributed by atoms with Crippen LogP contribution in [0.25, 0.3) is 0 Å². The molecule has 0 radical (unpaired) electrons. The minimum absolute atomic E-state index is 0.0638. The van der Waals surface area contributed by atoms with Crippen molar-refractivity contribution in [3.8, 4) is 0 Å². The number of carbonyl (C=O) groups is 5. The largest absolute Gasteiger partial charge is 0.472 e. The van der Waals surface area contributed by atoms with Gasteiger partial charge < -0.3 is 63.8 Å². The van der Waals surface area contributed by atoms with Crippen molar-refractivity contribution in [2.75, 3.05) is 33.5 Å². The predicted octanol–water partition coefficient (Wildman–Crippen LogP) is 13.2. The minimum Gasteiger partial charge on any atom is -0.462 e. The minimum atomic E-state index is -5.41. The van der Waals surface area contributed by atoms with Gasteiger partial charge in [-0.05, 0) is 58.3 Å². The fourth-order valence-electron chi connectivity index (χ4n) is 11.9. The molecule has 526 valence electrons. The van der Waals surface area contributed by atoms with Crippen molar-refractivity contribution in [3.05, 3.63) is 12.2 Å². The van der Waals surface area contributed by atoms with Gasteiger partial charge in [0.1, 0.15) is 48.1 Å². The fourth-order valence-corrected chi connectivity index (χ4v) is 12.3. The van der Waals surface area contributed by atoms with Gasteiger partial charge >= 0.3 is 13.8 Å². The monoisotopic (exact) mass is 1300 g/mol. The zero-order valence-electron chi connectivity index (χ0n) is 56.9. The summed E-state index contributed by atoms with van der Waals surface area (Å²) in [5.74, 6) is -2.70. The summed E-state index contributed by atoms with van der Waals surface area (Å²) in [6, 6.07) is -2.67. The van der Waals surface area contributed by atoms with E-state index in [2.05, 4.69) is 38.3 Å². The average Bonchev–Trinajstić information content (AvgIpc) is 1.39. The molecular formula is C69H127N2O18P. The summed E-state index contributed by atoms with van der Waals surface area (Å²) < 4.78 is 61.9. The second-order valence-electron chi connectivity index (χ2n) is 25.5. The van der Waals surface area contributed by atoms with Gasteiger partial charge in [-0.3, -0.25) is 28.5 Å². The van der Waals surface area contributed by atoms with E-state index in [-0.39, 0.29) is 63.0 Å². The maximum atomic E-state index is 14.1. The molecule has 2 saturated heterocycles. The number of rotatable bonds is 58. The second-order valence-corrected chi connectivity index (χ2v) is 26.7. The van der Waals surface area contributed by atoms with E-state index in [1.807, 2.05) is 26.0 Å². The van der Waals surface area contributed by atoms with Crippen LogP contribution < -0.4 is 10.6 Å². The zero-order valence-corrected chi connectivity index (χ0v) is 57.8. The standard InChI is InChI=1S/C69H127N2O18P/c1-8-13-18-23-25-27-29-33-36-41-55(73)49-60(75)70-63-66(83-48-46-57(43-38-32-21-16-11-4)86-62(77)44-39-22-17-12-5)53(6)58(51-82-7)87-68(63)85-52-59-65(78)67(84-47-45-54(72)40-35-31-20-15-10-3)64(69(88-59)89-90(79,80)81)71-61(76)50-56(74)42-37-34-30-28-26-24-19-14-9-2/h12,17,53-54,57-59,63-69,72,78H,8-11,13-16,18-52H2,1-7H3,(H,70,75)(H,71,76)(H2,79,80,81). The first-order chi connectivity index (χ1) is 43.4. The van der Waals surface area contributed by atoms with Crippen LogP contribution >= 0.6 is 7.82 Å². The Bertz CT molecular complexity index is 1940. The molecule has 20 nitrogen and oxygen atoms in total. The molecule has 2 amide bonds. The zero-order chi connectivity index (χ0) is 66.2. The van der Waals surface area contributed by atoms with Crippen molar-refractivity contribution in [2.45, 2.75) is 359 Å². The first-order valence-corrected chi connectivity index (χ1v) is 37.1. The van der Waals surface area contributed by atoms with Gasteiger partial charge in [0.05, 0.1) is 51.0 Å². The molecule has 2 fully saturated rings. The summed E-state index contributed by atoms with van der Waals surface area (Å²) >= 11 is 0. The maximum absolute atomic E-state index is 14.1. The molecule has 0 spiro atoms. The van der Waals surface area contributed by atoms with Crippen LogP contribution in [-0.2, 0) is 66.2 Å². The van der Waals surface area contributed by atoms with Crippen LogP contribution in [0.2, 0.25) is 0 Å². The third-order valence-corrected chi connectivity index (χ3v) is 17.8. The van der Waals surface area contributed by atoms with Crippen LogP contribution in [0.15, 0.2) is 12.2 Å². The number of ketones is 2. The summed E-state index contributed by atoms with van der Waals surface area (Å²) in [5.41, 5.74) is 0. The molecule has 6 N–H and O–H groups in total. The molecule has 2 heterocycles. The first-order valence-electron chi connectivity index (χ1n) is 35.6. The number of hydrogen-bond acceptors (Lipinski definition) is 16. The first kappa shape index (κ1) is 83.4. The molecular weight excluding hydrogens is 1180 g/mol. The van der Waals surface area contributed by atoms with Gasteiger partial charge in [0.25, 0.3) is 0 Å². The molecule has 0 saturated carbocycles. The number of phosphoric ester groups is 1. The van der Waals surface area contributed by atoms with Crippen molar-refractivity contribution < 1.29 is 86.2 Å². The number of unbranched alkanes of at least 4 members (excludes halogenated alkanes) is 25. The molecule has 12 unspecified atom stereocenters.